The second kappa shape index (κ2) is 8.47. The van der Waals surface area contributed by atoms with Gasteiger partial charge in [-0.1, -0.05) is 25.4 Å². The van der Waals surface area contributed by atoms with Gasteiger partial charge >= 0.3 is 0 Å². The summed E-state index contributed by atoms with van der Waals surface area (Å²) < 4.78 is 5.72. The van der Waals surface area contributed by atoms with Crippen molar-refractivity contribution < 1.29 is 9.94 Å². The van der Waals surface area contributed by atoms with Gasteiger partial charge in [-0.05, 0) is 45.7 Å². The smallest absolute Gasteiger partial charge is 0.144 e. The number of likely N-dealkylation sites (tertiary alicyclic amines) is 1. The number of unbranched alkanes of at least 4 members (excludes halogenated alkanes) is 1. The van der Waals surface area contributed by atoms with Crippen LogP contribution in [0.2, 0.25) is 0 Å². The molecule has 3 N–H and O–H groups in total. The molecule has 0 radical (unpaired) electrons. The molecule has 0 bridgehead atoms. The third-order valence-electron chi connectivity index (χ3n) is 4.19. The van der Waals surface area contributed by atoms with Crippen LogP contribution in [0.3, 0.4) is 0 Å². The zero-order valence-corrected chi connectivity index (χ0v) is 13.3. The van der Waals surface area contributed by atoms with Gasteiger partial charge in [0.1, 0.15) is 5.84 Å². The van der Waals surface area contributed by atoms with Crippen molar-refractivity contribution in [1.82, 2.24) is 4.90 Å². The molecule has 1 aliphatic heterocycles. The van der Waals surface area contributed by atoms with Crippen molar-refractivity contribution in [3.05, 3.63) is 0 Å². The first-order valence-corrected chi connectivity index (χ1v) is 7.81. The van der Waals surface area contributed by atoms with Gasteiger partial charge in [0, 0.05) is 18.6 Å². The Morgan fingerprint density at radius 2 is 2.20 bits per heavy atom. The van der Waals surface area contributed by atoms with E-state index in [4.69, 9.17) is 15.7 Å². The van der Waals surface area contributed by atoms with E-state index in [2.05, 4.69) is 17.0 Å². The highest BCUT2D eigenvalue weighted by Gasteiger charge is 2.23. The number of hydrogen-bond acceptors (Lipinski definition) is 4. The molecule has 0 aromatic rings. The van der Waals surface area contributed by atoms with Crippen molar-refractivity contribution in [1.29, 1.82) is 0 Å². The summed E-state index contributed by atoms with van der Waals surface area (Å²) in [5, 5.41) is 11.9. The Morgan fingerprint density at radius 3 is 2.85 bits per heavy atom. The number of ether oxygens (including phenoxy) is 1. The van der Waals surface area contributed by atoms with Crippen LogP contribution in [-0.4, -0.2) is 48.3 Å². The molecular weight excluding hydrogens is 254 g/mol. The lowest BCUT2D eigenvalue weighted by atomic mass is 9.86. The number of oxime groups is 1. The lowest BCUT2D eigenvalue weighted by Crippen LogP contribution is -2.40. The minimum absolute atomic E-state index is 0.218. The van der Waals surface area contributed by atoms with E-state index in [0.29, 0.717) is 11.9 Å². The molecule has 5 nitrogen and oxygen atoms in total. The molecule has 0 saturated carbocycles. The Hall–Kier alpha value is -0.810. The molecule has 1 fully saturated rings. The van der Waals surface area contributed by atoms with Crippen LogP contribution in [0.1, 0.15) is 52.9 Å². The number of amidine groups is 1. The summed E-state index contributed by atoms with van der Waals surface area (Å²) in [5.41, 5.74) is 5.48. The molecule has 0 amide bonds. The van der Waals surface area contributed by atoms with Crippen molar-refractivity contribution in [2.24, 2.45) is 16.3 Å². The van der Waals surface area contributed by atoms with E-state index in [1.165, 1.54) is 19.4 Å². The normalized spacial score (nSPS) is 22.1. The Morgan fingerprint density at radius 1 is 1.45 bits per heavy atom. The summed E-state index contributed by atoms with van der Waals surface area (Å²) in [6.45, 7) is 10.3. The van der Waals surface area contributed by atoms with E-state index >= 15 is 0 Å². The predicted molar refractivity (Wildman–Crippen MR) is 82.1 cm³/mol. The van der Waals surface area contributed by atoms with Crippen LogP contribution < -0.4 is 5.73 Å². The van der Waals surface area contributed by atoms with Gasteiger partial charge < -0.3 is 20.6 Å². The fourth-order valence-electron chi connectivity index (χ4n) is 2.75. The largest absolute Gasteiger partial charge is 0.409 e. The quantitative estimate of drug-likeness (QED) is 0.236. The van der Waals surface area contributed by atoms with Gasteiger partial charge in [0.15, 0.2) is 0 Å². The van der Waals surface area contributed by atoms with Gasteiger partial charge in [-0.3, -0.25) is 0 Å². The van der Waals surface area contributed by atoms with Crippen LogP contribution >= 0.6 is 0 Å². The molecule has 0 aromatic carbocycles. The number of nitrogens with zero attached hydrogens (tertiary/aromatic N) is 2. The lowest BCUT2D eigenvalue weighted by Gasteiger charge is -2.32. The molecule has 1 heterocycles. The van der Waals surface area contributed by atoms with Crippen LogP contribution in [-0.2, 0) is 4.74 Å². The van der Waals surface area contributed by atoms with Gasteiger partial charge in [-0.2, -0.15) is 0 Å². The zero-order chi connectivity index (χ0) is 15.0. The van der Waals surface area contributed by atoms with E-state index in [1.54, 1.807) is 0 Å². The highest BCUT2D eigenvalue weighted by molar-refractivity contribution is 5.85. The van der Waals surface area contributed by atoms with E-state index in [1.807, 2.05) is 13.8 Å². The van der Waals surface area contributed by atoms with E-state index in [9.17, 15) is 0 Å². The maximum absolute atomic E-state index is 8.75. The van der Waals surface area contributed by atoms with Crippen molar-refractivity contribution >= 4 is 5.84 Å². The summed E-state index contributed by atoms with van der Waals surface area (Å²) in [7, 11) is 0. The molecule has 1 atom stereocenters. The van der Waals surface area contributed by atoms with Crippen LogP contribution in [0.25, 0.3) is 0 Å². The Labute approximate surface area is 123 Å². The van der Waals surface area contributed by atoms with Crippen molar-refractivity contribution in [2.75, 3.05) is 26.2 Å². The predicted octanol–water partition coefficient (Wildman–Crippen LogP) is 2.43. The second-order valence-corrected chi connectivity index (χ2v) is 6.35. The number of nitrogens with two attached hydrogens (primary N) is 1. The van der Waals surface area contributed by atoms with Gasteiger partial charge in [0.2, 0.25) is 0 Å². The molecule has 0 aliphatic carbocycles. The summed E-state index contributed by atoms with van der Waals surface area (Å²) in [6, 6.07) is 0. The Kier molecular flexibility index (Phi) is 7.30. The fourth-order valence-corrected chi connectivity index (χ4v) is 2.75. The highest BCUT2D eigenvalue weighted by Crippen LogP contribution is 2.23. The van der Waals surface area contributed by atoms with Crippen LogP contribution in [0, 0.1) is 5.41 Å². The fraction of sp³-hybridized carbons (Fsp3) is 0.933. The van der Waals surface area contributed by atoms with Crippen LogP contribution in [0.5, 0.6) is 0 Å². The highest BCUT2D eigenvalue weighted by atomic mass is 16.5. The molecular formula is C15H31N3O2. The Balaban J connectivity index is 2.21. The van der Waals surface area contributed by atoms with Gasteiger partial charge in [-0.25, -0.2) is 0 Å². The average Bonchev–Trinajstić information content (AvgIpc) is 2.43. The zero-order valence-electron chi connectivity index (χ0n) is 13.3. The van der Waals surface area contributed by atoms with E-state index in [-0.39, 0.29) is 5.41 Å². The van der Waals surface area contributed by atoms with Crippen molar-refractivity contribution in [3.63, 3.8) is 0 Å². The standard InChI is InChI=1S/C15H31N3O2/c1-4-20-13-8-7-11-18(12-13)10-6-5-9-15(2,3)14(16)17-19/h13,19H,4-12H2,1-3H3,(H2,16,17). The monoisotopic (exact) mass is 285 g/mol. The summed E-state index contributed by atoms with van der Waals surface area (Å²) in [6.07, 6.45) is 6.05. The first-order chi connectivity index (χ1) is 9.49. The second-order valence-electron chi connectivity index (χ2n) is 6.35. The maximum Gasteiger partial charge on any atom is 0.144 e. The average molecular weight is 285 g/mol. The van der Waals surface area contributed by atoms with Crippen LogP contribution in [0.4, 0.5) is 0 Å². The summed E-state index contributed by atoms with van der Waals surface area (Å²) in [5.74, 6) is 0.326. The number of rotatable bonds is 8. The molecule has 20 heavy (non-hydrogen) atoms. The maximum atomic E-state index is 8.75. The van der Waals surface area contributed by atoms with Gasteiger partial charge in [0.05, 0.1) is 6.10 Å². The molecule has 1 saturated heterocycles. The molecule has 1 unspecified atom stereocenters. The minimum atomic E-state index is -0.218. The number of piperidine rings is 1. The first kappa shape index (κ1) is 17.2. The number of hydrogen-bond donors (Lipinski definition) is 2. The molecule has 1 aliphatic rings. The van der Waals surface area contributed by atoms with Crippen LogP contribution in [0.15, 0.2) is 5.16 Å². The SMILES string of the molecule is CCOC1CCCN(CCCCC(C)(C)C(N)=NO)C1. The minimum Gasteiger partial charge on any atom is -0.409 e. The van der Waals surface area contributed by atoms with Gasteiger partial charge in [-0.15, -0.1) is 0 Å². The lowest BCUT2D eigenvalue weighted by molar-refractivity contribution is 0.00549. The van der Waals surface area contributed by atoms with E-state index in [0.717, 1.165) is 39.0 Å². The molecule has 1 rings (SSSR count). The molecule has 5 heteroatoms. The summed E-state index contributed by atoms with van der Waals surface area (Å²) >= 11 is 0. The first-order valence-electron chi connectivity index (χ1n) is 7.81. The third kappa shape index (κ3) is 5.67. The summed E-state index contributed by atoms with van der Waals surface area (Å²) in [4.78, 5) is 2.50. The van der Waals surface area contributed by atoms with Crippen molar-refractivity contribution in [3.8, 4) is 0 Å². The van der Waals surface area contributed by atoms with Gasteiger partial charge in [0.25, 0.3) is 0 Å². The molecule has 0 spiro atoms. The molecule has 0 aromatic heterocycles. The molecule has 118 valence electrons. The topological polar surface area (TPSA) is 71.1 Å². The Bertz CT molecular complexity index is 303. The third-order valence-corrected chi connectivity index (χ3v) is 4.19. The van der Waals surface area contributed by atoms with E-state index < -0.39 is 0 Å². The van der Waals surface area contributed by atoms with Crippen molar-refractivity contribution in [2.45, 2.75) is 59.0 Å².